The molecular formula is C28H34N4O4. The fourth-order valence-corrected chi connectivity index (χ4v) is 5.02. The Kier molecular flexibility index (Phi) is 7.44. The van der Waals surface area contributed by atoms with Crippen LogP contribution in [-0.4, -0.2) is 74.4 Å². The smallest absolute Gasteiger partial charge is 0.343 e. The Morgan fingerprint density at radius 2 is 1.33 bits per heavy atom. The Morgan fingerprint density at radius 3 is 1.92 bits per heavy atom. The molecule has 2 fully saturated rings. The predicted molar refractivity (Wildman–Crippen MR) is 141 cm³/mol. The van der Waals surface area contributed by atoms with Crippen molar-refractivity contribution in [1.29, 1.82) is 0 Å². The number of aromatic hydroxyl groups is 1. The third-order valence-corrected chi connectivity index (χ3v) is 7.22. The van der Waals surface area contributed by atoms with Gasteiger partial charge in [0.25, 0.3) is 0 Å². The molecule has 0 bridgehead atoms. The summed E-state index contributed by atoms with van der Waals surface area (Å²) in [7, 11) is 1.67. The van der Waals surface area contributed by atoms with Crippen molar-refractivity contribution in [2.24, 2.45) is 0 Å². The maximum absolute atomic E-state index is 12.5. The first-order chi connectivity index (χ1) is 17.6. The van der Waals surface area contributed by atoms with Crippen LogP contribution in [0.4, 0.5) is 11.4 Å². The Morgan fingerprint density at radius 1 is 0.778 bits per heavy atom. The van der Waals surface area contributed by atoms with Gasteiger partial charge in [-0.1, -0.05) is 18.2 Å². The first kappa shape index (κ1) is 24.2. The van der Waals surface area contributed by atoms with Crippen LogP contribution in [0.2, 0.25) is 0 Å². The van der Waals surface area contributed by atoms with Gasteiger partial charge in [0.15, 0.2) is 0 Å². The molecule has 3 aromatic rings. The van der Waals surface area contributed by atoms with Crippen molar-refractivity contribution in [2.45, 2.75) is 13.1 Å². The van der Waals surface area contributed by atoms with E-state index in [0.717, 1.165) is 58.1 Å². The minimum Gasteiger partial charge on any atom is -0.507 e. The van der Waals surface area contributed by atoms with E-state index >= 15 is 0 Å². The quantitative estimate of drug-likeness (QED) is 0.542. The lowest BCUT2D eigenvalue weighted by atomic mass is 10.1. The zero-order valence-electron chi connectivity index (χ0n) is 20.8. The largest absolute Gasteiger partial charge is 0.507 e. The molecule has 8 nitrogen and oxygen atoms in total. The van der Waals surface area contributed by atoms with Crippen molar-refractivity contribution >= 4 is 11.4 Å². The number of methoxy groups -OCH3 is 1. The molecular weight excluding hydrogens is 456 g/mol. The Balaban J connectivity index is 1.17. The van der Waals surface area contributed by atoms with E-state index in [1.165, 1.54) is 17.6 Å². The highest BCUT2D eigenvalue weighted by atomic mass is 16.5. The molecule has 3 heterocycles. The second-order valence-corrected chi connectivity index (χ2v) is 9.44. The number of para-hydroxylation sites is 1. The second kappa shape index (κ2) is 11.1. The first-order valence-electron chi connectivity index (χ1n) is 12.6. The normalized spacial score (nSPS) is 17.4. The molecule has 1 N–H and O–H groups in total. The van der Waals surface area contributed by atoms with Crippen LogP contribution in [0.25, 0.3) is 0 Å². The van der Waals surface area contributed by atoms with E-state index in [1.54, 1.807) is 7.11 Å². The zero-order valence-corrected chi connectivity index (χ0v) is 20.8. The van der Waals surface area contributed by atoms with Gasteiger partial charge in [0.05, 0.1) is 12.7 Å². The van der Waals surface area contributed by atoms with Crippen molar-refractivity contribution < 1.29 is 14.3 Å². The highest BCUT2D eigenvalue weighted by molar-refractivity contribution is 5.49. The van der Waals surface area contributed by atoms with Crippen LogP contribution >= 0.6 is 0 Å². The lowest BCUT2D eigenvalue weighted by Crippen LogP contribution is -2.46. The van der Waals surface area contributed by atoms with Crippen molar-refractivity contribution in [3.05, 3.63) is 82.4 Å². The minimum atomic E-state index is -0.453. The topological polar surface area (TPSA) is 72.6 Å². The van der Waals surface area contributed by atoms with Gasteiger partial charge < -0.3 is 24.1 Å². The summed E-state index contributed by atoms with van der Waals surface area (Å²) < 4.78 is 10.6. The van der Waals surface area contributed by atoms with Crippen molar-refractivity contribution in [1.82, 2.24) is 9.80 Å². The molecule has 2 aromatic carbocycles. The third kappa shape index (κ3) is 5.50. The van der Waals surface area contributed by atoms with Crippen LogP contribution < -0.4 is 20.2 Å². The lowest BCUT2D eigenvalue weighted by Gasteiger charge is -2.36. The van der Waals surface area contributed by atoms with Gasteiger partial charge in [-0.05, 0) is 36.4 Å². The van der Waals surface area contributed by atoms with E-state index in [0.29, 0.717) is 24.2 Å². The van der Waals surface area contributed by atoms with Crippen LogP contribution in [0.3, 0.4) is 0 Å². The summed E-state index contributed by atoms with van der Waals surface area (Å²) in [5, 5.41) is 11.0. The number of benzene rings is 2. The van der Waals surface area contributed by atoms with Crippen LogP contribution in [0.15, 0.2) is 70.1 Å². The molecule has 190 valence electrons. The van der Waals surface area contributed by atoms with Crippen LogP contribution in [0.5, 0.6) is 11.5 Å². The van der Waals surface area contributed by atoms with Crippen molar-refractivity contribution in [3.8, 4) is 11.5 Å². The van der Waals surface area contributed by atoms with Gasteiger partial charge in [0, 0.05) is 82.4 Å². The molecule has 1 aromatic heterocycles. The standard InChI is InChI=1S/C28H34N4O4/c1-35-25-9-7-24(8-10-25)32-15-11-29(12-16-32)19-22-21-36-28(34)26(27(22)33)20-30-13-17-31(18-14-30)23-5-3-2-4-6-23/h2-10,21,33H,11-20H2,1H3. The summed E-state index contributed by atoms with van der Waals surface area (Å²) in [6, 6.07) is 18.5. The fraction of sp³-hybridized carbons (Fsp3) is 0.393. The predicted octanol–water partition coefficient (Wildman–Crippen LogP) is 3.00. The maximum Gasteiger partial charge on any atom is 0.343 e. The van der Waals surface area contributed by atoms with Crippen molar-refractivity contribution in [3.63, 3.8) is 0 Å². The number of hydrogen-bond donors (Lipinski definition) is 1. The Hall–Kier alpha value is -3.49. The van der Waals surface area contributed by atoms with E-state index in [9.17, 15) is 9.90 Å². The van der Waals surface area contributed by atoms with Crippen LogP contribution in [0, 0.1) is 0 Å². The molecule has 0 spiro atoms. The molecule has 2 aliphatic heterocycles. The SMILES string of the molecule is COc1ccc(N2CCN(Cc3coc(=O)c(CN4CCN(c5ccccc5)CC4)c3O)CC2)cc1. The molecule has 0 amide bonds. The minimum absolute atomic E-state index is 0.0781. The van der Waals surface area contributed by atoms with E-state index in [1.807, 2.05) is 18.2 Å². The number of piperazine rings is 2. The number of rotatable bonds is 7. The fourth-order valence-electron chi connectivity index (χ4n) is 5.02. The zero-order chi connectivity index (χ0) is 24.9. The number of ether oxygens (including phenoxy) is 1. The molecule has 0 atom stereocenters. The van der Waals surface area contributed by atoms with E-state index in [2.05, 4.69) is 56.0 Å². The molecule has 0 unspecified atom stereocenters. The summed E-state index contributed by atoms with van der Waals surface area (Å²) >= 11 is 0. The van der Waals surface area contributed by atoms with Gasteiger partial charge in [-0.25, -0.2) is 4.79 Å². The number of anilines is 2. The molecule has 0 radical (unpaired) electrons. The van der Waals surface area contributed by atoms with Gasteiger partial charge in [0.2, 0.25) is 0 Å². The van der Waals surface area contributed by atoms with Crippen molar-refractivity contribution in [2.75, 3.05) is 69.3 Å². The molecule has 0 saturated carbocycles. The summed E-state index contributed by atoms with van der Waals surface area (Å²) in [4.78, 5) is 21.7. The highest BCUT2D eigenvalue weighted by Gasteiger charge is 2.24. The second-order valence-electron chi connectivity index (χ2n) is 9.44. The Bertz CT molecular complexity index is 1180. The monoisotopic (exact) mass is 490 g/mol. The maximum atomic E-state index is 12.5. The van der Waals surface area contributed by atoms with Gasteiger partial charge in [0.1, 0.15) is 17.8 Å². The van der Waals surface area contributed by atoms with Gasteiger partial charge in [-0.3, -0.25) is 9.80 Å². The molecule has 2 saturated heterocycles. The molecule has 5 rings (SSSR count). The third-order valence-electron chi connectivity index (χ3n) is 7.22. The van der Waals surface area contributed by atoms with Crippen LogP contribution in [0.1, 0.15) is 11.1 Å². The van der Waals surface area contributed by atoms with E-state index in [4.69, 9.17) is 9.15 Å². The van der Waals surface area contributed by atoms with Gasteiger partial charge >= 0.3 is 5.63 Å². The number of nitrogens with zero attached hydrogens (tertiary/aromatic N) is 4. The average Bonchev–Trinajstić information content (AvgIpc) is 2.94. The molecule has 2 aliphatic rings. The molecule has 8 heteroatoms. The first-order valence-corrected chi connectivity index (χ1v) is 12.6. The summed E-state index contributed by atoms with van der Waals surface area (Å²) in [5.41, 5.74) is 2.97. The van der Waals surface area contributed by atoms with E-state index < -0.39 is 5.63 Å². The van der Waals surface area contributed by atoms with Gasteiger partial charge in [-0.2, -0.15) is 0 Å². The summed E-state index contributed by atoms with van der Waals surface area (Å²) in [6.07, 6.45) is 1.42. The van der Waals surface area contributed by atoms with Crippen LogP contribution in [-0.2, 0) is 13.1 Å². The summed E-state index contributed by atoms with van der Waals surface area (Å²) in [5.74, 6) is 0.932. The Labute approximate surface area is 211 Å². The average molecular weight is 491 g/mol. The van der Waals surface area contributed by atoms with Gasteiger partial charge in [-0.15, -0.1) is 0 Å². The molecule has 36 heavy (non-hydrogen) atoms. The van der Waals surface area contributed by atoms with E-state index in [-0.39, 0.29) is 5.75 Å². The molecule has 0 aliphatic carbocycles. The summed E-state index contributed by atoms with van der Waals surface area (Å²) in [6.45, 7) is 7.88. The highest BCUT2D eigenvalue weighted by Crippen LogP contribution is 2.25. The number of hydrogen-bond acceptors (Lipinski definition) is 8. The lowest BCUT2D eigenvalue weighted by molar-refractivity contribution is 0.233.